The lowest BCUT2D eigenvalue weighted by atomic mass is 10.1. The fourth-order valence-electron chi connectivity index (χ4n) is 3.85. The number of hydrogen-bond acceptors (Lipinski definition) is 8. The molecule has 0 saturated heterocycles. The van der Waals surface area contributed by atoms with E-state index in [9.17, 15) is 0 Å². The fourth-order valence-corrected chi connectivity index (χ4v) is 3.85. The van der Waals surface area contributed by atoms with Crippen molar-refractivity contribution in [2.45, 2.75) is 0 Å². The standard InChI is InChI=1S/C30H34O8/c31-9-11-35-27-5-1-25-21-29(7-3-23(25)19-27)37-17-15-33-13-14-34-16-18-38-30-8-4-24-20-28(36-12-10-32)6-2-26(24)22-30/h1-8,19-22,31-32H,9-18H2. The van der Waals surface area contributed by atoms with Crippen LogP contribution in [0.25, 0.3) is 21.5 Å². The summed E-state index contributed by atoms with van der Waals surface area (Å²) in [4.78, 5) is 0. The zero-order valence-corrected chi connectivity index (χ0v) is 21.3. The van der Waals surface area contributed by atoms with Gasteiger partial charge in [-0.3, -0.25) is 0 Å². The molecule has 0 atom stereocenters. The summed E-state index contributed by atoms with van der Waals surface area (Å²) in [5.74, 6) is 3.03. The van der Waals surface area contributed by atoms with Crippen molar-refractivity contribution in [2.75, 3.05) is 66.1 Å². The molecule has 0 amide bonds. The summed E-state index contributed by atoms with van der Waals surface area (Å²) in [5.41, 5.74) is 0. The molecule has 0 heterocycles. The minimum Gasteiger partial charge on any atom is -0.491 e. The van der Waals surface area contributed by atoms with E-state index in [-0.39, 0.29) is 26.4 Å². The predicted octanol–water partition coefficient (Wildman–Crippen LogP) is 4.23. The van der Waals surface area contributed by atoms with Crippen molar-refractivity contribution in [2.24, 2.45) is 0 Å². The van der Waals surface area contributed by atoms with Crippen LogP contribution in [0.2, 0.25) is 0 Å². The van der Waals surface area contributed by atoms with Crippen LogP contribution < -0.4 is 18.9 Å². The summed E-state index contributed by atoms with van der Waals surface area (Å²) < 4.78 is 33.7. The van der Waals surface area contributed by atoms with Crippen molar-refractivity contribution in [3.05, 3.63) is 72.8 Å². The molecule has 202 valence electrons. The van der Waals surface area contributed by atoms with Crippen molar-refractivity contribution in [3.8, 4) is 23.0 Å². The Labute approximate surface area is 222 Å². The van der Waals surface area contributed by atoms with E-state index in [4.69, 9.17) is 38.6 Å². The fraction of sp³-hybridized carbons (Fsp3) is 0.333. The van der Waals surface area contributed by atoms with Crippen LogP contribution in [0.15, 0.2) is 72.8 Å². The van der Waals surface area contributed by atoms with Gasteiger partial charge in [0.25, 0.3) is 0 Å². The predicted molar refractivity (Wildman–Crippen MR) is 146 cm³/mol. The maximum atomic E-state index is 8.88. The van der Waals surface area contributed by atoms with E-state index >= 15 is 0 Å². The topological polar surface area (TPSA) is 95.8 Å². The van der Waals surface area contributed by atoms with Crippen LogP contribution in [0.5, 0.6) is 23.0 Å². The molecule has 0 unspecified atom stereocenters. The molecule has 0 radical (unpaired) electrons. The van der Waals surface area contributed by atoms with Crippen LogP contribution in [0.3, 0.4) is 0 Å². The molecule has 0 fully saturated rings. The molecular weight excluding hydrogens is 488 g/mol. The zero-order chi connectivity index (χ0) is 26.4. The van der Waals surface area contributed by atoms with Gasteiger partial charge >= 0.3 is 0 Å². The first-order valence-corrected chi connectivity index (χ1v) is 12.7. The molecule has 0 spiro atoms. The maximum Gasteiger partial charge on any atom is 0.120 e. The van der Waals surface area contributed by atoms with Gasteiger partial charge in [0.15, 0.2) is 0 Å². The van der Waals surface area contributed by atoms with Gasteiger partial charge in [0, 0.05) is 0 Å². The van der Waals surface area contributed by atoms with Crippen LogP contribution >= 0.6 is 0 Å². The van der Waals surface area contributed by atoms with Crippen LogP contribution in [-0.2, 0) is 9.47 Å². The molecule has 4 aromatic rings. The number of rotatable bonds is 17. The van der Waals surface area contributed by atoms with E-state index in [1.54, 1.807) is 0 Å². The number of hydrogen-bond donors (Lipinski definition) is 2. The lowest BCUT2D eigenvalue weighted by molar-refractivity contribution is 0.0274. The van der Waals surface area contributed by atoms with Gasteiger partial charge in [-0.25, -0.2) is 0 Å². The number of ether oxygens (including phenoxy) is 6. The highest BCUT2D eigenvalue weighted by Gasteiger charge is 2.03. The van der Waals surface area contributed by atoms with E-state index in [0.29, 0.717) is 39.6 Å². The second-order valence-corrected chi connectivity index (χ2v) is 8.41. The molecule has 4 rings (SSSR count). The van der Waals surface area contributed by atoms with E-state index in [2.05, 4.69) is 0 Å². The summed E-state index contributed by atoms with van der Waals surface area (Å²) in [5, 5.41) is 22.0. The van der Waals surface area contributed by atoms with Crippen molar-refractivity contribution < 1.29 is 38.6 Å². The van der Waals surface area contributed by atoms with Crippen molar-refractivity contribution in [1.29, 1.82) is 0 Å². The smallest absolute Gasteiger partial charge is 0.120 e. The normalized spacial score (nSPS) is 11.1. The van der Waals surface area contributed by atoms with Gasteiger partial charge < -0.3 is 38.6 Å². The Hall–Kier alpha value is -3.56. The Balaban J connectivity index is 1.06. The van der Waals surface area contributed by atoms with E-state index < -0.39 is 0 Å². The number of aliphatic hydroxyl groups is 2. The van der Waals surface area contributed by atoms with Gasteiger partial charge in [-0.2, -0.15) is 0 Å². The molecule has 0 aliphatic heterocycles. The molecule has 0 saturated carbocycles. The van der Waals surface area contributed by atoms with Gasteiger partial charge in [0.1, 0.15) is 49.4 Å². The van der Waals surface area contributed by atoms with Gasteiger partial charge in [-0.05, 0) is 70.1 Å². The quantitative estimate of drug-likeness (QED) is 0.199. The van der Waals surface area contributed by atoms with Crippen LogP contribution in [0, 0.1) is 0 Å². The van der Waals surface area contributed by atoms with Gasteiger partial charge in [-0.1, -0.05) is 24.3 Å². The lowest BCUT2D eigenvalue weighted by Gasteiger charge is -2.10. The lowest BCUT2D eigenvalue weighted by Crippen LogP contribution is -2.13. The summed E-state index contributed by atoms with van der Waals surface area (Å²) in [7, 11) is 0. The third-order valence-electron chi connectivity index (χ3n) is 5.65. The molecule has 4 aromatic carbocycles. The van der Waals surface area contributed by atoms with E-state index in [1.165, 1.54) is 0 Å². The second-order valence-electron chi connectivity index (χ2n) is 8.41. The van der Waals surface area contributed by atoms with Crippen molar-refractivity contribution in [3.63, 3.8) is 0 Å². The number of benzene rings is 4. The highest BCUT2D eigenvalue weighted by Crippen LogP contribution is 2.26. The summed E-state index contributed by atoms with van der Waals surface area (Å²) >= 11 is 0. The Bertz CT molecular complexity index is 1180. The number of fused-ring (bicyclic) bond motifs is 2. The summed E-state index contributed by atoms with van der Waals surface area (Å²) in [6.07, 6.45) is 0. The molecule has 8 nitrogen and oxygen atoms in total. The molecule has 0 bridgehead atoms. The minimum absolute atomic E-state index is 0.00827. The zero-order valence-electron chi connectivity index (χ0n) is 21.3. The third-order valence-corrected chi connectivity index (χ3v) is 5.65. The molecule has 0 aliphatic carbocycles. The van der Waals surface area contributed by atoms with Gasteiger partial charge in [-0.15, -0.1) is 0 Å². The molecule has 38 heavy (non-hydrogen) atoms. The average Bonchev–Trinajstić information content (AvgIpc) is 2.95. The molecule has 2 N–H and O–H groups in total. The first-order valence-electron chi connectivity index (χ1n) is 12.7. The second kappa shape index (κ2) is 15.0. The average molecular weight is 523 g/mol. The molecule has 8 heteroatoms. The summed E-state index contributed by atoms with van der Waals surface area (Å²) in [6, 6.07) is 23.4. The monoisotopic (exact) mass is 522 g/mol. The Kier molecular flexibility index (Phi) is 10.8. The minimum atomic E-state index is -0.00827. The third kappa shape index (κ3) is 8.49. The van der Waals surface area contributed by atoms with Crippen LogP contribution in [-0.4, -0.2) is 76.3 Å². The first kappa shape index (κ1) is 27.5. The highest BCUT2D eigenvalue weighted by molar-refractivity contribution is 5.86. The SMILES string of the molecule is OCCOc1ccc2cc(OCCOCCOCCOc3ccc4cc(OCCO)ccc4c3)ccc2c1. The van der Waals surface area contributed by atoms with Gasteiger partial charge in [0.05, 0.1) is 39.6 Å². The van der Waals surface area contributed by atoms with E-state index in [0.717, 1.165) is 44.5 Å². The van der Waals surface area contributed by atoms with Crippen molar-refractivity contribution >= 4 is 21.5 Å². The molecule has 0 aromatic heterocycles. The summed E-state index contributed by atoms with van der Waals surface area (Å²) in [6.45, 7) is 3.34. The Morgan fingerprint density at radius 1 is 0.368 bits per heavy atom. The first-order chi connectivity index (χ1) is 18.7. The maximum absolute atomic E-state index is 8.88. The largest absolute Gasteiger partial charge is 0.491 e. The number of aliphatic hydroxyl groups excluding tert-OH is 2. The van der Waals surface area contributed by atoms with Crippen molar-refractivity contribution in [1.82, 2.24) is 0 Å². The molecular formula is C30H34O8. The van der Waals surface area contributed by atoms with Crippen LogP contribution in [0.4, 0.5) is 0 Å². The Morgan fingerprint density at radius 2 is 0.658 bits per heavy atom. The highest BCUT2D eigenvalue weighted by atomic mass is 16.6. The molecule has 0 aliphatic rings. The van der Waals surface area contributed by atoms with Gasteiger partial charge in [0.2, 0.25) is 0 Å². The Morgan fingerprint density at radius 3 is 0.974 bits per heavy atom. The van der Waals surface area contributed by atoms with Crippen LogP contribution in [0.1, 0.15) is 0 Å². The van der Waals surface area contributed by atoms with E-state index in [1.807, 2.05) is 72.8 Å².